The summed E-state index contributed by atoms with van der Waals surface area (Å²) < 4.78 is 0. The molecule has 106 valence electrons. The highest BCUT2D eigenvalue weighted by atomic mass is 32.1. The highest BCUT2D eigenvalue weighted by Crippen LogP contribution is 2.30. The quantitative estimate of drug-likeness (QED) is 0.919. The summed E-state index contributed by atoms with van der Waals surface area (Å²) in [6, 6.07) is 0. The van der Waals surface area contributed by atoms with Crippen LogP contribution in [0.1, 0.15) is 54.9 Å². The van der Waals surface area contributed by atoms with E-state index in [2.05, 4.69) is 23.7 Å². The van der Waals surface area contributed by atoms with E-state index in [1.54, 1.807) is 0 Å². The first kappa shape index (κ1) is 14.3. The van der Waals surface area contributed by atoms with Crippen LogP contribution in [0.3, 0.4) is 0 Å². The van der Waals surface area contributed by atoms with Crippen LogP contribution in [0.25, 0.3) is 0 Å². The Morgan fingerprint density at radius 3 is 2.95 bits per heavy atom. The molecule has 1 fully saturated rings. The number of hydrogen-bond acceptors (Lipinski definition) is 4. The van der Waals surface area contributed by atoms with Gasteiger partial charge >= 0.3 is 5.97 Å². The Kier molecular flexibility index (Phi) is 4.80. The predicted molar refractivity (Wildman–Crippen MR) is 78.3 cm³/mol. The van der Waals surface area contributed by atoms with Crippen molar-refractivity contribution in [3.8, 4) is 0 Å². The Balaban J connectivity index is 2.19. The van der Waals surface area contributed by atoms with E-state index in [0.717, 1.165) is 42.7 Å². The monoisotopic (exact) mass is 282 g/mol. The van der Waals surface area contributed by atoms with Crippen molar-refractivity contribution in [1.29, 1.82) is 0 Å². The Bertz CT molecular complexity index is 445. The molecule has 1 aromatic heterocycles. The minimum atomic E-state index is -0.838. The van der Waals surface area contributed by atoms with Gasteiger partial charge in [-0.3, -0.25) is 0 Å². The number of aryl methyl sites for hydroxylation is 1. The molecular formula is C14H22N2O2S. The SMILES string of the molecule is CCCc1nc(N2CCCC(C)CC2)sc1C(=O)O. The van der Waals surface area contributed by atoms with Gasteiger partial charge in [-0.25, -0.2) is 9.78 Å². The molecule has 5 heteroatoms. The molecule has 0 bridgehead atoms. The molecule has 1 N–H and O–H groups in total. The largest absolute Gasteiger partial charge is 0.477 e. The summed E-state index contributed by atoms with van der Waals surface area (Å²) in [6.45, 7) is 6.34. The molecule has 0 aromatic carbocycles. The molecule has 1 aliphatic heterocycles. The lowest BCUT2D eigenvalue weighted by Crippen LogP contribution is -2.23. The van der Waals surface area contributed by atoms with E-state index in [-0.39, 0.29) is 0 Å². The van der Waals surface area contributed by atoms with E-state index in [1.807, 2.05) is 0 Å². The van der Waals surface area contributed by atoms with E-state index in [9.17, 15) is 9.90 Å². The van der Waals surface area contributed by atoms with Gasteiger partial charge in [-0.1, -0.05) is 31.6 Å². The molecule has 2 rings (SSSR count). The summed E-state index contributed by atoms with van der Waals surface area (Å²) in [6.07, 6.45) is 5.29. The average Bonchev–Trinajstić information content (AvgIpc) is 2.66. The lowest BCUT2D eigenvalue weighted by Gasteiger charge is -2.18. The van der Waals surface area contributed by atoms with Crippen LogP contribution in [-0.2, 0) is 6.42 Å². The number of carbonyl (C=O) groups is 1. The van der Waals surface area contributed by atoms with E-state index in [1.165, 1.54) is 30.6 Å². The van der Waals surface area contributed by atoms with Gasteiger partial charge < -0.3 is 10.0 Å². The van der Waals surface area contributed by atoms with Gasteiger partial charge in [0.15, 0.2) is 5.13 Å². The summed E-state index contributed by atoms with van der Waals surface area (Å²) in [5, 5.41) is 10.2. The standard InChI is InChI=1S/C14H22N2O2S/c1-3-5-11-12(13(17)18)19-14(15-11)16-8-4-6-10(2)7-9-16/h10H,3-9H2,1-2H3,(H,17,18). The van der Waals surface area contributed by atoms with Crippen molar-refractivity contribution >= 4 is 22.4 Å². The first-order valence-electron chi connectivity index (χ1n) is 7.09. The van der Waals surface area contributed by atoms with Crippen molar-refractivity contribution < 1.29 is 9.90 Å². The molecule has 1 atom stereocenters. The zero-order chi connectivity index (χ0) is 13.8. The fourth-order valence-corrected chi connectivity index (χ4v) is 3.50. The van der Waals surface area contributed by atoms with Crippen molar-refractivity contribution in [2.75, 3.05) is 18.0 Å². The van der Waals surface area contributed by atoms with E-state index in [0.29, 0.717) is 4.88 Å². The lowest BCUT2D eigenvalue weighted by atomic mass is 10.0. The van der Waals surface area contributed by atoms with Crippen molar-refractivity contribution in [3.63, 3.8) is 0 Å². The third-order valence-corrected chi connectivity index (χ3v) is 4.80. The number of aromatic carboxylic acids is 1. The van der Waals surface area contributed by atoms with Crippen molar-refractivity contribution in [1.82, 2.24) is 4.98 Å². The molecule has 0 radical (unpaired) electrons. The maximum Gasteiger partial charge on any atom is 0.347 e. The van der Waals surface area contributed by atoms with Crippen LogP contribution >= 0.6 is 11.3 Å². The molecular weight excluding hydrogens is 260 g/mol. The average molecular weight is 282 g/mol. The molecule has 1 aromatic rings. The number of thiazole rings is 1. The van der Waals surface area contributed by atoms with Crippen LogP contribution in [0.5, 0.6) is 0 Å². The second kappa shape index (κ2) is 6.37. The Labute approximate surface area is 118 Å². The Morgan fingerprint density at radius 2 is 2.26 bits per heavy atom. The molecule has 0 aliphatic carbocycles. The molecule has 19 heavy (non-hydrogen) atoms. The molecule has 2 heterocycles. The summed E-state index contributed by atoms with van der Waals surface area (Å²) in [7, 11) is 0. The zero-order valence-electron chi connectivity index (χ0n) is 11.7. The van der Waals surface area contributed by atoms with Gasteiger partial charge in [-0.15, -0.1) is 0 Å². The zero-order valence-corrected chi connectivity index (χ0v) is 12.5. The molecule has 1 saturated heterocycles. The lowest BCUT2D eigenvalue weighted by molar-refractivity contribution is 0.0700. The molecule has 4 nitrogen and oxygen atoms in total. The summed E-state index contributed by atoms with van der Waals surface area (Å²) in [5.74, 6) is -0.0746. The third-order valence-electron chi connectivity index (χ3n) is 3.65. The third kappa shape index (κ3) is 3.47. The van der Waals surface area contributed by atoms with Gasteiger partial charge in [0.25, 0.3) is 0 Å². The second-order valence-corrected chi connectivity index (χ2v) is 6.33. The van der Waals surface area contributed by atoms with E-state index in [4.69, 9.17) is 0 Å². The van der Waals surface area contributed by atoms with Crippen LogP contribution in [0, 0.1) is 5.92 Å². The first-order valence-corrected chi connectivity index (χ1v) is 7.91. The normalized spacial score (nSPS) is 20.3. The predicted octanol–water partition coefficient (Wildman–Crippen LogP) is 3.42. The summed E-state index contributed by atoms with van der Waals surface area (Å²) >= 11 is 1.34. The van der Waals surface area contributed by atoms with E-state index < -0.39 is 5.97 Å². The van der Waals surface area contributed by atoms with Crippen LogP contribution in [0.2, 0.25) is 0 Å². The number of aromatic nitrogens is 1. The van der Waals surface area contributed by atoms with Crippen LogP contribution < -0.4 is 4.90 Å². The number of anilines is 1. The van der Waals surface area contributed by atoms with Crippen LogP contribution in [-0.4, -0.2) is 29.1 Å². The number of carboxylic acid groups (broad SMARTS) is 1. The fourth-order valence-electron chi connectivity index (χ4n) is 2.50. The summed E-state index contributed by atoms with van der Waals surface area (Å²) in [4.78, 5) is 18.5. The summed E-state index contributed by atoms with van der Waals surface area (Å²) in [5.41, 5.74) is 0.757. The van der Waals surface area contributed by atoms with Crippen LogP contribution in [0.15, 0.2) is 0 Å². The Morgan fingerprint density at radius 1 is 1.47 bits per heavy atom. The number of hydrogen-bond donors (Lipinski definition) is 1. The highest BCUT2D eigenvalue weighted by Gasteiger charge is 2.21. The van der Waals surface area contributed by atoms with Crippen molar-refractivity contribution in [3.05, 3.63) is 10.6 Å². The van der Waals surface area contributed by atoms with Crippen molar-refractivity contribution in [2.45, 2.75) is 46.0 Å². The smallest absolute Gasteiger partial charge is 0.347 e. The van der Waals surface area contributed by atoms with Gasteiger partial charge in [0.2, 0.25) is 0 Å². The minimum Gasteiger partial charge on any atom is -0.477 e. The van der Waals surface area contributed by atoms with Gasteiger partial charge in [-0.05, 0) is 31.6 Å². The van der Waals surface area contributed by atoms with E-state index >= 15 is 0 Å². The molecule has 1 unspecified atom stereocenters. The molecule has 1 aliphatic rings. The second-order valence-electron chi connectivity index (χ2n) is 5.35. The topological polar surface area (TPSA) is 53.4 Å². The maximum atomic E-state index is 11.3. The molecule has 0 saturated carbocycles. The fraction of sp³-hybridized carbons (Fsp3) is 0.714. The van der Waals surface area contributed by atoms with Gasteiger partial charge in [-0.2, -0.15) is 0 Å². The van der Waals surface area contributed by atoms with Gasteiger partial charge in [0.1, 0.15) is 4.88 Å². The first-order chi connectivity index (χ1) is 9.11. The minimum absolute atomic E-state index is 0.425. The Hall–Kier alpha value is -1.10. The number of carboxylic acids is 1. The molecule has 0 amide bonds. The highest BCUT2D eigenvalue weighted by molar-refractivity contribution is 7.17. The number of nitrogens with zero attached hydrogens (tertiary/aromatic N) is 2. The van der Waals surface area contributed by atoms with Gasteiger partial charge in [0.05, 0.1) is 5.69 Å². The molecule has 0 spiro atoms. The van der Waals surface area contributed by atoms with Crippen LogP contribution in [0.4, 0.5) is 5.13 Å². The van der Waals surface area contributed by atoms with Crippen molar-refractivity contribution in [2.24, 2.45) is 5.92 Å². The number of rotatable bonds is 4. The van der Waals surface area contributed by atoms with Gasteiger partial charge in [0, 0.05) is 13.1 Å². The maximum absolute atomic E-state index is 11.3.